The van der Waals surface area contributed by atoms with Gasteiger partial charge in [0.1, 0.15) is 5.69 Å². The number of rotatable bonds is 4. The summed E-state index contributed by atoms with van der Waals surface area (Å²) in [5.74, 6) is 0.909. The molecule has 2 aliphatic rings. The fourth-order valence-electron chi connectivity index (χ4n) is 3.28. The van der Waals surface area contributed by atoms with Crippen molar-refractivity contribution in [2.45, 2.75) is 18.9 Å². The normalized spacial score (nSPS) is 25.0. The molecule has 1 aromatic rings. The number of aryl methyl sites for hydroxylation is 1. The van der Waals surface area contributed by atoms with Gasteiger partial charge in [-0.15, -0.1) is 0 Å². The van der Waals surface area contributed by atoms with Crippen LogP contribution in [0.3, 0.4) is 0 Å². The molecule has 0 unspecified atom stereocenters. The van der Waals surface area contributed by atoms with Crippen molar-refractivity contribution in [2.24, 2.45) is 24.0 Å². The van der Waals surface area contributed by atoms with E-state index in [0.29, 0.717) is 28.7 Å². The van der Waals surface area contributed by atoms with Crippen LogP contribution >= 0.6 is 12.2 Å². The van der Waals surface area contributed by atoms with Crippen molar-refractivity contribution in [3.8, 4) is 0 Å². The lowest BCUT2D eigenvalue weighted by Gasteiger charge is -2.20. The average Bonchev–Trinajstić information content (AvgIpc) is 3.22. The minimum atomic E-state index is -0.373. The smallest absolute Gasteiger partial charge is 0.354 e. The Balaban J connectivity index is 1.51. The van der Waals surface area contributed by atoms with Gasteiger partial charge in [-0.25, -0.2) is 4.79 Å². The highest BCUT2D eigenvalue weighted by Gasteiger charge is 2.35. The van der Waals surface area contributed by atoms with Crippen LogP contribution in [0.5, 0.6) is 0 Å². The summed E-state index contributed by atoms with van der Waals surface area (Å²) >= 11 is 5.27. The van der Waals surface area contributed by atoms with Crippen LogP contribution in [-0.2, 0) is 11.8 Å². The molecular formula is C16H20N4O2S. The highest BCUT2D eigenvalue weighted by Crippen LogP contribution is 2.38. The summed E-state index contributed by atoms with van der Waals surface area (Å²) < 4.78 is 6.42. The fraction of sp³-hybridized carbons (Fsp3) is 0.438. The Morgan fingerprint density at radius 3 is 2.96 bits per heavy atom. The maximum absolute atomic E-state index is 11.5. The first-order valence-electron chi connectivity index (χ1n) is 7.59. The minimum absolute atomic E-state index is 0.373. The lowest BCUT2D eigenvalue weighted by molar-refractivity contribution is 0.0590. The highest BCUT2D eigenvalue weighted by atomic mass is 32.1. The van der Waals surface area contributed by atoms with Gasteiger partial charge in [0.25, 0.3) is 0 Å². The Kier molecular flexibility index (Phi) is 4.47. The number of ether oxygens (including phenoxy) is 1. The Morgan fingerprint density at radius 2 is 2.30 bits per heavy atom. The third-order valence-electron chi connectivity index (χ3n) is 4.40. The quantitative estimate of drug-likeness (QED) is 0.288. The molecule has 3 atom stereocenters. The van der Waals surface area contributed by atoms with E-state index >= 15 is 0 Å². The van der Waals surface area contributed by atoms with Crippen LogP contribution in [0, 0.1) is 11.8 Å². The third kappa shape index (κ3) is 3.44. The number of fused-ring (bicyclic) bond motifs is 2. The highest BCUT2D eigenvalue weighted by molar-refractivity contribution is 7.80. The standard InChI is InChI=1S/C16H20N4O2S/c1-20-9-11(7-14(20)15(21)22-2)8-17-19-16(23)18-13-6-10-3-4-12(13)5-10/h3-4,7-10,12-13H,5-6H2,1-2H3,(H2,18,19,23)/b17-8-/t10-,12+,13-/m1/s1. The van der Waals surface area contributed by atoms with Gasteiger partial charge in [0.05, 0.1) is 13.3 Å². The molecule has 0 aliphatic heterocycles. The predicted octanol–water partition coefficient (Wildman–Crippen LogP) is 1.57. The van der Waals surface area contributed by atoms with Crippen molar-refractivity contribution in [3.63, 3.8) is 0 Å². The molecule has 2 bridgehead atoms. The Labute approximate surface area is 140 Å². The second-order valence-corrected chi connectivity index (χ2v) is 6.40. The molecular weight excluding hydrogens is 312 g/mol. The van der Waals surface area contributed by atoms with Gasteiger partial charge in [-0.2, -0.15) is 5.10 Å². The van der Waals surface area contributed by atoms with Gasteiger partial charge in [0.15, 0.2) is 5.11 Å². The van der Waals surface area contributed by atoms with Crippen molar-refractivity contribution in [2.75, 3.05) is 7.11 Å². The van der Waals surface area contributed by atoms with E-state index in [-0.39, 0.29) is 5.97 Å². The average molecular weight is 332 g/mol. The second-order valence-electron chi connectivity index (χ2n) is 5.99. The maximum atomic E-state index is 11.5. The van der Waals surface area contributed by atoms with E-state index in [4.69, 9.17) is 17.0 Å². The molecule has 0 spiro atoms. The van der Waals surface area contributed by atoms with E-state index in [9.17, 15) is 4.79 Å². The summed E-state index contributed by atoms with van der Waals surface area (Å²) in [6.07, 6.45) is 10.4. The molecule has 23 heavy (non-hydrogen) atoms. The molecule has 122 valence electrons. The van der Waals surface area contributed by atoms with Gasteiger partial charge >= 0.3 is 5.97 Å². The molecule has 1 heterocycles. The summed E-state index contributed by atoms with van der Waals surface area (Å²) in [4.78, 5) is 11.5. The maximum Gasteiger partial charge on any atom is 0.354 e. The number of allylic oxidation sites excluding steroid dienone is 1. The number of carbonyl (C=O) groups excluding carboxylic acids is 1. The fourth-order valence-corrected chi connectivity index (χ4v) is 3.49. The van der Waals surface area contributed by atoms with Crippen molar-refractivity contribution >= 4 is 29.5 Å². The van der Waals surface area contributed by atoms with Gasteiger partial charge in [-0.3, -0.25) is 5.43 Å². The van der Waals surface area contributed by atoms with E-state index in [0.717, 1.165) is 12.0 Å². The first-order valence-corrected chi connectivity index (χ1v) is 8.00. The SMILES string of the molecule is COC(=O)c1cc(/C=N\NC(=S)N[C@@H]2C[C@@H]3C=C[C@H]2C3)cn1C. The van der Waals surface area contributed by atoms with E-state index in [2.05, 4.69) is 28.0 Å². The molecule has 0 saturated heterocycles. The molecule has 0 radical (unpaired) electrons. The number of carbonyl (C=O) groups is 1. The second kappa shape index (κ2) is 6.54. The minimum Gasteiger partial charge on any atom is -0.464 e. The Hall–Kier alpha value is -2.15. The van der Waals surface area contributed by atoms with E-state index < -0.39 is 0 Å². The van der Waals surface area contributed by atoms with E-state index in [1.165, 1.54) is 13.5 Å². The number of esters is 1. The van der Waals surface area contributed by atoms with Crippen molar-refractivity contribution < 1.29 is 9.53 Å². The van der Waals surface area contributed by atoms with E-state index in [1.807, 2.05) is 0 Å². The Morgan fingerprint density at radius 1 is 1.48 bits per heavy atom. The van der Waals surface area contributed by atoms with Gasteiger partial charge < -0.3 is 14.6 Å². The van der Waals surface area contributed by atoms with E-state index in [1.54, 1.807) is 30.1 Å². The molecule has 0 amide bonds. The van der Waals surface area contributed by atoms with Gasteiger partial charge in [-0.1, -0.05) is 12.2 Å². The van der Waals surface area contributed by atoms with Crippen molar-refractivity contribution in [3.05, 3.63) is 35.7 Å². The summed E-state index contributed by atoms with van der Waals surface area (Å²) in [6, 6.07) is 2.12. The number of hydrogen-bond acceptors (Lipinski definition) is 4. The monoisotopic (exact) mass is 332 g/mol. The number of thiocarbonyl (C=S) groups is 1. The molecule has 0 aromatic carbocycles. The van der Waals surface area contributed by atoms with Crippen molar-refractivity contribution in [1.82, 2.24) is 15.3 Å². The summed E-state index contributed by atoms with van der Waals surface area (Å²) in [5, 5.41) is 7.96. The molecule has 2 N–H and O–H groups in total. The molecule has 1 saturated carbocycles. The van der Waals surface area contributed by atoms with Crippen LogP contribution in [0.25, 0.3) is 0 Å². The topological polar surface area (TPSA) is 67.7 Å². The zero-order chi connectivity index (χ0) is 16.4. The molecule has 3 rings (SSSR count). The number of methoxy groups -OCH3 is 1. The molecule has 1 fully saturated rings. The number of nitrogens with one attached hydrogen (secondary N) is 2. The van der Waals surface area contributed by atoms with Crippen LogP contribution in [0.15, 0.2) is 29.5 Å². The van der Waals surface area contributed by atoms with Gasteiger partial charge in [0.2, 0.25) is 0 Å². The molecule has 7 heteroatoms. The number of nitrogens with zero attached hydrogens (tertiary/aromatic N) is 2. The van der Waals surface area contributed by atoms with Crippen LogP contribution in [0.4, 0.5) is 0 Å². The largest absolute Gasteiger partial charge is 0.464 e. The zero-order valence-electron chi connectivity index (χ0n) is 13.2. The first-order chi connectivity index (χ1) is 11.1. The molecule has 1 aromatic heterocycles. The van der Waals surface area contributed by atoms with Crippen LogP contribution in [0.2, 0.25) is 0 Å². The summed E-state index contributed by atoms with van der Waals surface area (Å²) in [7, 11) is 3.14. The Bertz CT molecular complexity index is 680. The lowest BCUT2D eigenvalue weighted by Crippen LogP contribution is -2.42. The van der Waals surface area contributed by atoms with Crippen LogP contribution in [-0.4, -0.2) is 35.0 Å². The lowest BCUT2D eigenvalue weighted by atomic mass is 10.0. The van der Waals surface area contributed by atoms with Gasteiger partial charge in [0, 0.05) is 24.8 Å². The third-order valence-corrected chi connectivity index (χ3v) is 4.60. The van der Waals surface area contributed by atoms with Crippen molar-refractivity contribution in [1.29, 1.82) is 0 Å². The van der Waals surface area contributed by atoms with Crippen LogP contribution in [0.1, 0.15) is 28.9 Å². The first kappa shape index (κ1) is 15.7. The molecule has 6 nitrogen and oxygen atoms in total. The number of aromatic nitrogens is 1. The molecule has 2 aliphatic carbocycles. The van der Waals surface area contributed by atoms with Gasteiger partial charge in [-0.05, 0) is 43.0 Å². The zero-order valence-corrected chi connectivity index (χ0v) is 14.0. The predicted molar refractivity (Wildman–Crippen MR) is 92.4 cm³/mol. The summed E-state index contributed by atoms with van der Waals surface area (Å²) in [6.45, 7) is 0. The number of hydrazone groups is 1. The van der Waals surface area contributed by atoms with Crippen LogP contribution < -0.4 is 10.7 Å². The summed E-state index contributed by atoms with van der Waals surface area (Å²) in [5.41, 5.74) is 4.10. The number of hydrogen-bond donors (Lipinski definition) is 2.